The van der Waals surface area contributed by atoms with Crippen molar-refractivity contribution in [1.82, 2.24) is 9.80 Å². The topological polar surface area (TPSA) is 49.6 Å². The summed E-state index contributed by atoms with van der Waals surface area (Å²) in [5.41, 5.74) is 5.95. The minimum atomic E-state index is 0.0926. The summed E-state index contributed by atoms with van der Waals surface area (Å²) in [6.45, 7) is 8.98. The van der Waals surface area contributed by atoms with Gasteiger partial charge in [0, 0.05) is 37.6 Å². The molecular formula is C14H29N3O. The molecule has 0 radical (unpaired) electrons. The first-order valence-electron chi connectivity index (χ1n) is 7.13. The van der Waals surface area contributed by atoms with Gasteiger partial charge in [-0.05, 0) is 40.2 Å². The molecule has 1 saturated heterocycles. The Kier molecular flexibility index (Phi) is 5.60. The number of carbonyl (C=O) groups is 1. The van der Waals surface area contributed by atoms with Crippen molar-refractivity contribution >= 4 is 5.91 Å². The number of nitrogens with zero attached hydrogens (tertiary/aromatic N) is 2. The highest BCUT2D eigenvalue weighted by atomic mass is 16.2. The molecule has 0 aromatic carbocycles. The summed E-state index contributed by atoms with van der Waals surface area (Å²) in [5.74, 6) is 0.265. The van der Waals surface area contributed by atoms with Gasteiger partial charge in [-0.25, -0.2) is 0 Å². The van der Waals surface area contributed by atoms with E-state index in [1.54, 1.807) is 0 Å². The van der Waals surface area contributed by atoms with Gasteiger partial charge in [0.1, 0.15) is 0 Å². The van der Waals surface area contributed by atoms with Crippen LogP contribution in [-0.4, -0.2) is 54.0 Å². The van der Waals surface area contributed by atoms with Gasteiger partial charge < -0.3 is 10.6 Å². The third-order valence-corrected chi connectivity index (χ3v) is 4.51. The van der Waals surface area contributed by atoms with E-state index in [9.17, 15) is 4.79 Å². The molecule has 2 N–H and O–H groups in total. The van der Waals surface area contributed by atoms with E-state index < -0.39 is 0 Å². The zero-order valence-corrected chi connectivity index (χ0v) is 12.4. The number of carbonyl (C=O) groups excluding carboxylic acids is 1. The molecule has 1 aliphatic rings. The molecule has 0 aliphatic carbocycles. The zero-order valence-electron chi connectivity index (χ0n) is 12.4. The lowest BCUT2D eigenvalue weighted by atomic mass is 9.96. The van der Waals surface area contributed by atoms with Crippen molar-refractivity contribution in [1.29, 1.82) is 0 Å². The lowest BCUT2D eigenvalue weighted by Gasteiger charge is -2.40. The second-order valence-electron chi connectivity index (χ2n) is 5.96. The van der Waals surface area contributed by atoms with Gasteiger partial charge in [0.05, 0.1) is 0 Å². The molecule has 0 aromatic rings. The van der Waals surface area contributed by atoms with Crippen molar-refractivity contribution in [2.45, 2.75) is 58.0 Å². The Hall–Kier alpha value is -0.610. The highest BCUT2D eigenvalue weighted by Crippen LogP contribution is 2.21. The van der Waals surface area contributed by atoms with Gasteiger partial charge in [-0.1, -0.05) is 6.92 Å². The van der Waals surface area contributed by atoms with Crippen LogP contribution in [0.2, 0.25) is 0 Å². The molecule has 1 rings (SSSR count). The van der Waals surface area contributed by atoms with Gasteiger partial charge in [0.2, 0.25) is 5.91 Å². The van der Waals surface area contributed by atoms with Gasteiger partial charge in [0.15, 0.2) is 0 Å². The van der Waals surface area contributed by atoms with Gasteiger partial charge in [0.25, 0.3) is 0 Å². The van der Waals surface area contributed by atoms with Crippen LogP contribution in [0.25, 0.3) is 0 Å². The molecule has 0 bridgehead atoms. The van der Waals surface area contributed by atoms with Crippen LogP contribution in [0.4, 0.5) is 0 Å². The Morgan fingerprint density at radius 3 is 2.39 bits per heavy atom. The number of hydrogen-bond acceptors (Lipinski definition) is 3. The van der Waals surface area contributed by atoms with Gasteiger partial charge in [-0.2, -0.15) is 0 Å². The molecule has 4 nitrogen and oxygen atoms in total. The summed E-state index contributed by atoms with van der Waals surface area (Å²) in [5, 5.41) is 0. The smallest absolute Gasteiger partial charge is 0.224 e. The number of amides is 1. The summed E-state index contributed by atoms with van der Waals surface area (Å²) in [6.07, 6.45) is 3.90. The third-order valence-electron chi connectivity index (χ3n) is 4.51. The van der Waals surface area contributed by atoms with Crippen LogP contribution >= 0.6 is 0 Å². The highest BCUT2D eigenvalue weighted by molar-refractivity contribution is 5.77. The standard InChI is InChI=1S/C14H29N3O/c1-5-14(2,3)16(4)12(11-15)10-13(18)17-8-6-7-9-17/h12H,5-11,15H2,1-4H3. The van der Waals surface area contributed by atoms with E-state index in [2.05, 4.69) is 32.7 Å². The second kappa shape index (κ2) is 6.53. The van der Waals surface area contributed by atoms with Crippen LogP contribution in [0.5, 0.6) is 0 Å². The fraction of sp³-hybridized carbons (Fsp3) is 0.929. The molecule has 0 spiro atoms. The van der Waals surface area contributed by atoms with Crippen molar-refractivity contribution in [2.75, 3.05) is 26.7 Å². The Labute approximate surface area is 111 Å². The van der Waals surface area contributed by atoms with Crippen LogP contribution in [0, 0.1) is 0 Å². The maximum absolute atomic E-state index is 12.2. The normalized spacial score (nSPS) is 18.4. The van der Waals surface area contributed by atoms with Crippen LogP contribution in [0.1, 0.15) is 46.5 Å². The number of nitrogens with two attached hydrogens (primary N) is 1. The van der Waals surface area contributed by atoms with E-state index in [1.807, 2.05) is 4.90 Å². The first kappa shape index (κ1) is 15.4. The van der Waals surface area contributed by atoms with Gasteiger partial charge in [-0.3, -0.25) is 9.69 Å². The average molecular weight is 255 g/mol. The lowest BCUT2D eigenvalue weighted by Crippen LogP contribution is -2.51. The molecule has 1 fully saturated rings. The first-order valence-corrected chi connectivity index (χ1v) is 7.13. The molecular weight excluding hydrogens is 226 g/mol. The molecule has 1 aliphatic heterocycles. The monoisotopic (exact) mass is 255 g/mol. The van der Waals surface area contributed by atoms with Crippen LogP contribution in [0.3, 0.4) is 0 Å². The van der Waals surface area contributed by atoms with Gasteiger partial charge in [-0.15, -0.1) is 0 Å². The maximum Gasteiger partial charge on any atom is 0.224 e. The second-order valence-corrected chi connectivity index (χ2v) is 5.96. The summed E-state index contributed by atoms with van der Waals surface area (Å²) in [4.78, 5) is 16.4. The van der Waals surface area contributed by atoms with Crippen molar-refractivity contribution < 1.29 is 4.79 Å². The summed E-state index contributed by atoms with van der Waals surface area (Å²) in [7, 11) is 2.08. The minimum absolute atomic E-state index is 0.0926. The number of likely N-dealkylation sites (tertiary alicyclic amines) is 1. The highest BCUT2D eigenvalue weighted by Gasteiger charge is 2.30. The molecule has 18 heavy (non-hydrogen) atoms. The van der Waals surface area contributed by atoms with Gasteiger partial charge >= 0.3 is 0 Å². The fourth-order valence-corrected chi connectivity index (χ4v) is 2.42. The molecule has 106 valence electrons. The molecule has 1 unspecified atom stereocenters. The van der Waals surface area contributed by atoms with E-state index in [0.29, 0.717) is 13.0 Å². The Morgan fingerprint density at radius 2 is 1.94 bits per heavy atom. The van der Waals surface area contributed by atoms with E-state index in [1.165, 1.54) is 0 Å². The molecule has 4 heteroatoms. The quantitative estimate of drug-likeness (QED) is 0.781. The zero-order chi connectivity index (χ0) is 13.8. The fourth-order valence-electron chi connectivity index (χ4n) is 2.42. The number of likely N-dealkylation sites (N-methyl/N-ethyl adjacent to an activating group) is 1. The molecule has 0 saturated carbocycles. The van der Waals surface area contributed by atoms with E-state index >= 15 is 0 Å². The molecule has 0 aromatic heterocycles. The predicted octanol–water partition coefficient (Wildman–Crippen LogP) is 1.45. The lowest BCUT2D eigenvalue weighted by molar-refractivity contribution is -0.131. The largest absolute Gasteiger partial charge is 0.343 e. The summed E-state index contributed by atoms with van der Waals surface area (Å²) < 4.78 is 0. The Bertz CT molecular complexity index is 272. The number of rotatable bonds is 6. The van der Waals surface area contributed by atoms with Crippen LogP contribution in [-0.2, 0) is 4.79 Å². The third kappa shape index (κ3) is 3.69. The maximum atomic E-state index is 12.2. The Morgan fingerprint density at radius 1 is 1.39 bits per heavy atom. The SMILES string of the molecule is CCC(C)(C)N(C)C(CN)CC(=O)N1CCCC1. The minimum Gasteiger partial charge on any atom is -0.343 e. The average Bonchev–Trinajstić information content (AvgIpc) is 2.88. The number of hydrogen-bond donors (Lipinski definition) is 1. The van der Waals surface area contributed by atoms with Crippen LogP contribution < -0.4 is 5.73 Å². The molecule has 1 heterocycles. The van der Waals surface area contributed by atoms with E-state index in [0.717, 1.165) is 32.4 Å². The van der Waals surface area contributed by atoms with Crippen molar-refractivity contribution in [2.24, 2.45) is 5.73 Å². The molecule has 1 atom stereocenters. The van der Waals surface area contributed by atoms with E-state index in [-0.39, 0.29) is 17.5 Å². The first-order chi connectivity index (χ1) is 8.42. The van der Waals surface area contributed by atoms with E-state index in [4.69, 9.17) is 5.73 Å². The summed E-state index contributed by atoms with van der Waals surface area (Å²) in [6, 6.07) is 0.146. The molecule has 1 amide bonds. The Balaban J connectivity index is 2.58. The summed E-state index contributed by atoms with van der Waals surface area (Å²) >= 11 is 0. The van der Waals surface area contributed by atoms with Crippen LogP contribution in [0.15, 0.2) is 0 Å². The van der Waals surface area contributed by atoms with Crippen molar-refractivity contribution in [3.63, 3.8) is 0 Å². The van der Waals surface area contributed by atoms with Crippen molar-refractivity contribution in [3.8, 4) is 0 Å². The predicted molar refractivity (Wildman–Crippen MR) is 75.4 cm³/mol. The van der Waals surface area contributed by atoms with Crippen molar-refractivity contribution in [3.05, 3.63) is 0 Å².